The summed E-state index contributed by atoms with van der Waals surface area (Å²) >= 11 is 0. The number of aliphatic imine (C=N–C) groups is 1. The van der Waals surface area contributed by atoms with Crippen molar-refractivity contribution in [1.82, 2.24) is 15.1 Å². The highest BCUT2D eigenvalue weighted by Crippen LogP contribution is 2.47. The van der Waals surface area contributed by atoms with Gasteiger partial charge in [-0.05, 0) is 50.7 Å². The van der Waals surface area contributed by atoms with Gasteiger partial charge in [0.15, 0.2) is 5.96 Å². The Hall–Kier alpha value is -0.770. The first-order valence-corrected chi connectivity index (χ1v) is 8.41. The molecule has 2 aliphatic rings. The van der Waals surface area contributed by atoms with Crippen LogP contribution in [0.4, 0.5) is 0 Å². The first-order chi connectivity index (χ1) is 9.73. The lowest BCUT2D eigenvalue weighted by Gasteiger charge is -2.38. The molecular formula is C16H32N4. The standard InChI is InChI=1S/C16H32N4/c1-4-19(5-2)12-7-11-18-15(17-3)20-13-10-16(14-20)8-6-9-16/h4-14H2,1-3H3,(H,17,18). The molecule has 0 amide bonds. The fourth-order valence-corrected chi connectivity index (χ4v) is 3.58. The Balaban J connectivity index is 1.68. The maximum atomic E-state index is 4.47. The summed E-state index contributed by atoms with van der Waals surface area (Å²) in [5.41, 5.74) is 0.652. The van der Waals surface area contributed by atoms with Crippen molar-refractivity contribution in [3.05, 3.63) is 0 Å². The first-order valence-electron chi connectivity index (χ1n) is 8.41. The van der Waals surface area contributed by atoms with Gasteiger partial charge in [0.25, 0.3) is 0 Å². The van der Waals surface area contributed by atoms with Crippen LogP contribution in [0.5, 0.6) is 0 Å². The molecule has 0 radical (unpaired) electrons. The topological polar surface area (TPSA) is 30.9 Å². The molecule has 116 valence electrons. The Kier molecular flexibility index (Phi) is 5.70. The van der Waals surface area contributed by atoms with Crippen molar-refractivity contribution in [1.29, 1.82) is 0 Å². The largest absolute Gasteiger partial charge is 0.356 e. The fourth-order valence-electron chi connectivity index (χ4n) is 3.58. The quantitative estimate of drug-likeness (QED) is 0.459. The van der Waals surface area contributed by atoms with Crippen LogP contribution >= 0.6 is 0 Å². The van der Waals surface area contributed by atoms with Crippen molar-refractivity contribution in [2.45, 2.75) is 46.0 Å². The highest BCUT2D eigenvalue weighted by Gasteiger charge is 2.43. The number of rotatable bonds is 6. The van der Waals surface area contributed by atoms with E-state index in [0.29, 0.717) is 5.41 Å². The molecule has 0 bridgehead atoms. The minimum Gasteiger partial charge on any atom is -0.356 e. The number of guanidine groups is 1. The maximum Gasteiger partial charge on any atom is 0.193 e. The van der Waals surface area contributed by atoms with Gasteiger partial charge in [0, 0.05) is 26.7 Å². The van der Waals surface area contributed by atoms with Gasteiger partial charge in [0.2, 0.25) is 0 Å². The molecule has 1 aliphatic heterocycles. The lowest BCUT2D eigenvalue weighted by Crippen LogP contribution is -2.43. The molecule has 2 rings (SSSR count). The van der Waals surface area contributed by atoms with E-state index < -0.39 is 0 Å². The molecule has 1 saturated carbocycles. The summed E-state index contributed by atoms with van der Waals surface area (Å²) in [6.45, 7) is 11.4. The van der Waals surface area contributed by atoms with Crippen molar-refractivity contribution in [2.24, 2.45) is 10.4 Å². The summed E-state index contributed by atoms with van der Waals surface area (Å²) in [6, 6.07) is 0. The zero-order valence-corrected chi connectivity index (χ0v) is 13.6. The summed E-state index contributed by atoms with van der Waals surface area (Å²) < 4.78 is 0. The van der Waals surface area contributed by atoms with E-state index in [1.54, 1.807) is 0 Å². The third-order valence-electron chi connectivity index (χ3n) is 5.19. The number of hydrogen-bond acceptors (Lipinski definition) is 2. The second-order valence-electron chi connectivity index (χ2n) is 6.38. The second kappa shape index (κ2) is 7.30. The summed E-state index contributed by atoms with van der Waals surface area (Å²) in [7, 11) is 1.92. The van der Waals surface area contributed by atoms with Gasteiger partial charge in [0.1, 0.15) is 0 Å². The molecule has 1 spiro atoms. The van der Waals surface area contributed by atoms with Crippen LogP contribution in [-0.4, -0.2) is 62.1 Å². The molecule has 20 heavy (non-hydrogen) atoms. The Labute approximate surface area is 124 Å². The Morgan fingerprint density at radius 3 is 2.50 bits per heavy atom. The van der Waals surface area contributed by atoms with Crippen molar-refractivity contribution in [3.63, 3.8) is 0 Å². The normalized spacial score (nSPS) is 21.6. The number of likely N-dealkylation sites (tertiary alicyclic amines) is 1. The number of nitrogens with zero attached hydrogens (tertiary/aromatic N) is 3. The lowest BCUT2D eigenvalue weighted by atomic mass is 9.68. The second-order valence-corrected chi connectivity index (χ2v) is 6.38. The SMILES string of the molecule is CCN(CC)CCCNC(=NC)N1CCC2(CCC2)C1. The van der Waals surface area contributed by atoms with Gasteiger partial charge >= 0.3 is 0 Å². The van der Waals surface area contributed by atoms with Crippen LogP contribution in [0.25, 0.3) is 0 Å². The predicted molar refractivity (Wildman–Crippen MR) is 86.2 cm³/mol. The predicted octanol–water partition coefficient (Wildman–Crippen LogP) is 2.17. The number of nitrogens with one attached hydrogen (secondary N) is 1. The van der Waals surface area contributed by atoms with Gasteiger partial charge in [0.05, 0.1) is 0 Å². The summed E-state index contributed by atoms with van der Waals surface area (Å²) in [5, 5.41) is 3.55. The third kappa shape index (κ3) is 3.66. The van der Waals surface area contributed by atoms with Crippen LogP contribution in [0.3, 0.4) is 0 Å². The van der Waals surface area contributed by atoms with Crippen LogP contribution in [-0.2, 0) is 0 Å². The first kappa shape index (κ1) is 15.6. The Bertz CT molecular complexity index is 318. The van der Waals surface area contributed by atoms with Gasteiger partial charge < -0.3 is 15.1 Å². The van der Waals surface area contributed by atoms with Gasteiger partial charge in [-0.2, -0.15) is 0 Å². The monoisotopic (exact) mass is 280 g/mol. The molecule has 0 aromatic rings. The summed E-state index contributed by atoms with van der Waals surface area (Å²) in [4.78, 5) is 9.41. The van der Waals surface area contributed by atoms with E-state index in [0.717, 1.165) is 25.6 Å². The van der Waals surface area contributed by atoms with E-state index in [1.165, 1.54) is 51.7 Å². The van der Waals surface area contributed by atoms with Crippen molar-refractivity contribution in [3.8, 4) is 0 Å². The lowest BCUT2D eigenvalue weighted by molar-refractivity contribution is 0.151. The van der Waals surface area contributed by atoms with Gasteiger partial charge in [-0.25, -0.2) is 0 Å². The van der Waals surface area contributed by atoms with Crippen LogP contribution in [0.15, 0.2) is 4.99 Å². The fraction of sp³-hybridized carbons (Fsp3) is 0.938. The average Bonchev–Trinajstić information content (AvgIpc) is 2.88. The molecule has 0 unspecified atom stereocenters. The molecule has 1 heterocycles. The summed E-state index contributed by atoms with van der Waals surface area (Å²) in [6.07, 6.45) is 6.86. The van der Waals surface area contributed by atoms with Crippen molar-refractivity contribution < 1.29 is 0 Å². The van der Waals surface area contributed by atoms with E-state index in [-0.39, 0.29) is 0 Å². The van der Waals surface area contributed by atoms with Crippen LogP contribution in [0.2, 0.25) is 0 Å². The van der Waals surface area contributed by atoms with E-state index in [4.69, 9.17) is 0 Å². The molecule has 4 nitrogen and oxygen atoms in total. The number of hydrogen-bond donors (Lipinski definition) is 1. The Morgan fingerprint density at radius 2 is 2.00 bits per heavy atom. The average molecular weight is 280 g/mol. The molecule has 0 aromatic carbocycles. The molecule has 0 aromatic heterocycles. The third-order valence-corrected chi connectivity index (χ3v) is 5.19. The minimum atomic E-state index is 0.652. The maximum absolute atomic E-state index is 4.47. The molecule has 0 atom stereocenters. The van der Waals surface area contributed by atoms with Crippen molar-refractivity contribution >= 4 is 5.96 Å². The highest BCUT2D eigenvalue weighted by atomic mass is 15.3. The van der Waals surface area contributed by atoms with E-state index in [2.05, 4.69) is 34.0 Å². The smallest absolute Gasteiger partial charge is 0.193 e. The molecule has 1 saturated heterocycles. The van der Waals surface area contributed by atoms with Gasteiger partial charge in [-0.15, -0.1) is 0 Å². The zero-order valence-electron chi connectivity index (χ0n) is 13.6. The molecular weight excluding hydrogens is 248 g/mol. The minimum absolute atomic E-state index is 0.652. The van der Waals surface area contributed by atoms with Crippen LogP contribution < -0.4 is 5.32 Å². The van der Waals surface area contributed by atoms with Gasteiger partial charge in [-0.3, -0.25) is 4.99 Å². The molecule has 2 fully saturated rings. The zero-order chi connectivity index (χ0) is 14.4. The van der Waals surface area contributed by atoms with Crippen molar-refractivity contribution in [2.75, 3.05) is 46.3 Å². The van der Waals surface area contributed by atoms with E-state index in [1.807, 2.05) is 7.05 Å². The molecule has 4 heteroatoms. The summed E-state index contributed by atoms with van der Waals surface area (Å²) in [5.74, 6) is 1.12. The molecule has 1 N–H and O–H groups in total. The van der Waals surface area contributed by atoms with E-state index in [9.17, 15) is 0 Å². The van der Waals surface area contributed by atoms with Gasteiger partial charge in [-0.1, -0.05) is 20.3 Å². The molecule has 1 aliphatic carbocycles. The Morgan fingerprint density at radius 1 is 1.25 bits per heavy atom. The van der Waals surface area contributed by atoms with Crippen LogP contribution in [0.1, 0.15) is 46.0 Å². The van der Waals surface area contributed by atoms with E-state index >= 15 is 0 Å². The highest BCUT2D eigenvalue weighted by molar-refractivity contribution is 5.80. The van der Waals surface area contributed by atoms with Crippen LogP contribution in [0, 0.1) is 5.41 Å².